The van der Waals surface area contributed by atoms with Crippen molar-refractivity contribution in [3.63, 3.8) is 0 Å². The SMILES string of the molecule is CC1(C)OCC(c2ccc(O)cc2)N1C(=O)O. The lowest BCUT2D eigenvalue weighted by molar-refractivity contribution is -0.0420. The highest BCUT2D eigenvalue weighted by Crippen LogP contribution is 2.36. The van der Waals surface area contributed by atoms with E-state index < -0.39 is 11.8 Å². The Kier molecular flexibility index (Phi) is 2.71. The van der Waals surface area contributed by atoms with E-state index in [0.717, 1.165) is 5.56 Å². The van der Waals surface area contributed by atoms with Crippen molar-refractivity contribution in [3.8, 4) is 5.75 Å². The zero-order valence-electron chi connectivity index (χ0n) is 9.75. The standard InChI is InChI=1S/C12H15NO4/c1-12(2)13(11(15)16)10(7-17-12)8-3-5-9(14)6-4-8/h3-6,10,14H,7H2,1-2H3,(H,15,16). The molecule has 5 nitrogen and oxygen atoms in total. The van der Waals surface area contributed by atoms with Gasteiger partial charge < -0.3 is 14.9 Å². The number of aromatic hydroxyl groups is 1. The molecule has 1 aromatic rings. The molecule has 0 spiro atoms. The quantitative estimate of drug-likeness (QED) is 0.785. The van der Waals surface area contributed by atoms with Gasteiger partial charge in [-0.15, -0.1) is 0 Å². The molecule has 1 aliphatic rings. The van der Waals surface area contributed by atoms with E-state index in [4.69, 9.17) is 4.74 Å². The van der Waals surface area contributed by atoms with Crippen molar-refractivity contribution in [2.75, 3.05) is 6.61 Å². The molecule has 1 unspecified atom stereocenters. The number of carboxylic acid groups (broad SMARTS) is 1. The fraction of sp³-hybridized carbons (Fsp3) is 0.417. The number of rotatable bonds is 1. The summed E-state index contributed by atoms with van der Waals surface area (Å²) in [5.74, 6) is 0.161. The van der Waals surface area contributed by atoms with Crippen LogP contribution in [0.4, 0.5) is 4.79 Å². The molecule has 1 fully saturated rings. The molecule has 1 amide bonds. The lowest BCUT2D eigenvalue weighted by Gasteiger charge is -2.31. The molecule has 0 aromatic heterocycles. The van der Waals surface area contributed by atoms with Crippen molar-refractivity contribution in [1.29, 1.82) is 0 Å². The number of carbonyl (C=O) groups is 1. The normalized spacial score (nSPS) is 22.7. The molecule has 2 N–H and O–H groups in total. The average Bonchev–Trinajstić information content (AvgIpc) is 2.55. The first-order valence-corrected chi connectivity index (χ1v) is 5.37. The van der Waals surface area contributed by atoms with Crippen molar-refractivity contribution < 1.29 is 19.7 Å². The number of phenols is 1. The van der Waals surface area contributed by atoms with Gasteiger partial charge in [0.15, 0.2) is 0 Å². The van der Waals surface area contributed by atoms with E-state index in [1.54, 1.807) is 38.1 Å². The van der Waals surface area contributed by atoms with Crippen LogP contribution in [0.25, 0.3) is 0 Å². The van der Waals surface area contributed by atoms with E-state index in [9.17, 15) is 15.0 Å². The topological polar surface area (TPSA) is 70.0 Å². The van der Waals surface area contributed by atoms with Crippen LogP contribution in [0, 0.1) is 0 Å². The van der Waals surface area contributed by atoms with Crippen molar-refractivity contribution in [2.45, 2.75) is 25.6 Å². The predicted molar refractivity (Wildman–Crippen MR) is 60.7 cm³/mol. The minimum atomic E-state index is -1.01. The van der Waals surface area contributed by atoms with E-state index in [2.05, 4.69) is 0 Å². The molecule has 1 heterocycles. The molecule has 1 atom stereocenters. The van der Waals surface area contributed by atoms with Gasteiger partial charge in [-0.25, -0.2) is 4.79 Å². The highest BCUT2D eigenvalue weighted by atomic mass is 16.5. The predicted octanol–water partition coefficient (Wildman–Crippen LogP) is 2.18. The Balaban J connectivity index is 2.33. The summed E-state index contributed by atoms with van der Waals surface area (Å²) in [5, 5.41) is 18.4. The van der Waals surface area contributed by atoms with Crippen LogP contribution < -0.4 is 0 Å². The third-order valence-electron chi connectivity index (χ3n) is 2.97. The lowest BCUT2D eigenvalue weighted by atomic mass is 10.1. The molecule has 5 heteroatoms. The summed E-state index contributed by atoms with van der Waals surface area (Å²) in [7, 11) is 0. The fourth-order valence-electron chi connectivity index (χ4n) is 2.11. The summed E-state index contributed by atoms with van der Waals surface area (Å²) >= 11 is 0. The number of hydrogen-bond acceptors (Lipinski definition) is 3. The smallest absolute Gasteiger partial charge is 0.410 e. The maximum Gasteiger partial charge on any atom is 0.410 e. The van der Waals surface area contributed by atoms with Crippen LogP contribution in [0.15, 0.2) is 24.3 Å². The van der Waals surface area contributed by atoms with Crippen LogP contribution in [0.2, 0.25) is 0 Å². The molecule has 92 valence electrons. The first-order chi connectivity index (χ1) is 7.92. The lowest BCUT2D eigenvalue weighted by Crippen LogP contribution is -2.43. The van der Waals surface area contributed by atoms with E-state index in [1.165, 1.54) is 4.90 Å². The fourth-order valence-corrected chi connectivity index (χ4v) is 2.11. The monoisotopic (exact) mass is 237 g/mol. The zero-order chi connectivity index (χ0) is 12.6. The Morgan fingerprint density at radius 2 is 2.00 bits per heavy atom. The number of hydrogen-bond donors (Lipinski definition) is 2. The summed E-state index contributed by atoms with van der Waals surface area (Å²) in [4.78, 5) is 12.6. The van der Waals surface area contributed by atoms with Crippen LogP contribution in [0.5, 0.6) is 5.75 Å². The van der Waals surface area contributed by atoms with Gasteiger partial charge in [-0.05, 0) is 31.5 Å². The minimum Gasteiger partial charge on any atom is -0.508 e. The van der Waals surface area contributed by atoms with Crippen molar-refractivity contribution in [1.82, 2.24) is 4.90 Å². The second-order valence-electron chi connectivity index (χ2n) is 4.52. The Hall–Kier alpha value is -1.75. The van der Waals surface area contributed by atoms with E-state index in [1.807, 2.05) is 0 Å². The minimum absolute atomic E-state index is 0.161. The van der Waals surface area contributed by atoms with Gasteiger partial charge in [0, 0.05) is 0 Å². The maximum atomic E-state index is 11.3. The van der Waals surface area contributed by atoms with Crippen LogP contribution in [0.1, 0.15) is 25.5 Å². The summed E-state index contributed by atoms with van der Waals surface area (Å²) in [6.45, 7) is 3.77. The summed E-state index contributed by atoms with van der Waals surface area (Å²) in [5.41, 5.74) is -0.00948. The summed E-state index contributed by atoms with van der Waals surface area (Å²) < 4.78 is 5.49. The Bertz CT molecular complexity index is 427. The number of phenolic OH excluding ortho intramolecular Hbond substituents is 1. The molecule has 0 saturated carbocycles. The van der Waals surface area contributed by atoms with Gasteiger partial charge in [0.2, 0.25) is 0 Å². The first-order valence-electron chi connectivity index (χ1n) is 5.37. The van der Waals surface area contributed by atoms with E-state index >= 15 is 0 Å². The number of ether oxygens (including phenoxy) is 1. The van der Waals surface area contributed by atoms with Gasteiger partial charge in [0.1, 0.15) is 11.5 Å². The van der Waals surface area contributed by atoms with E-state index in [0.29, 0.717) is 6.61 Å². The molecule has 1 aromatic carbocycles. The molecule has 0 bridgehead atoms. The average molecular weight is 237 g/mol. The van der Waals surface area contributed by atoms with Gasteiger partial charge in [-0.3, -0.25) is 4.90 Å². The van der Waals surface area contributed by atoms with Crippen LogP contribution in [-0.2, 0) is 4.74 Å². The third-order valence-corrected chi connectivity index (χ3v) is 2.97. The summed E-state index contributed by atoms with van der Waals surface area (Å²) in [6, 6.07) is 6.17. The Labute approximate surface area is 99.2 Å². The molecule has 1 saturated heterocycles. The second kappa shape index (κ2) is 3.92. The number of nitrogens with zero attached hydrogens (tertiary/aromatic N) is 1. The molecule has 17 heavy (non-hydrogen) atoms. The molecule has 0 radical (unpaired) electrons. The van der Waals surface area contributed by atoms with Crippen molar-refractivity contribution in [2.24, 2.45) is 0 Å². The van der Waals surface area contributed by atoms with E-state index in [-0.39, 0.29) is 11.8 Å². The van der Waals surface area contributed by atoms with Crippen LogP contribution >= 0.6 is 0 Å². The third kappa shape index (κ3) is 2.06. The maximum absolute atomic E-state index is 11.3. The number of amides is 1. The van der Waals surface area contributed by atoms with Crippen LogP contribution in [-0.4, -0.2) is 33.5 Å². The highest BCUT2D eigenvalue weighted by Gasteiger charge is 2.44. The molecule has 0 aliphatic carbocycles. The largest absolute Gasteiger partial charge is 0.508 e. The van der Waals surface area contributed by atoms with Gasteiger partial charge in [0.05, 0.1) is 12.6 Å². The Morgan fingerprint density at radius 3 is 2.53 bits per heavy atom. The van der Waals surface area contributed by atoms with Gasteiger partial charge in [0.25, 0.3) is 0 Å². The number of benzene rings is 1. The highest BCUT2D eigenvalue weighted by molar-refractivity contribution is 5.67. The van der Waals surface area contributed by atoms with Gasteiger partial charge in [-0.1, -0.05) is 12.1 Å². The van der Waals surface area contributed by atoms with Gasteiger partial charge >= 0.3 is 6.09 Å². The molecular weight excluding hydrogens is 222 g/mol. The Morgan fingerprint density at radius 1 is 1.41 bits per heavy atom. The molecular formula is C12H15NO4. The van der Waals surface area contributed by atoms with Crippen molar-refractivity contribution >= 4 is 6.09 Å². The van der Waals surface area contributed by atoms with Crippen molar-refractivity contribution in [3.05, 3.63) is 29.8 Å². The molecule has 1 aliphatic heterocycles. The van der Waals surface area contributed by atoms with Gasteiger partial charge in [-0.2, -0.15) is 0 Å². The molecule has 2 rings (SSSR count). The first kappa shape index (κ1) is 11.7. The summed E-state index contributed by atoms with van der Waals surface area (Å²) in [6.07, 6.45) is -1.01. The van der Waals surface area contributed by atoms with Crippen LogP contribution in [0.3, 0.4) is 0 Å². The second-order valence-corrected chi connectivity index (χ2v) is 4.52. The zero-order valence-corrected chi connectivity index (χ0v) is 9.75.